The van der Waals surface area contributed by atoms with E-state index >= 15 is 0 Å². The molecule has 4 N–H and O–H groups in total. The number of anilines is 1. The van der Waals surface area contributed by atoms with E-state index < -0.39 is 5.91 Å². The van der Waals surface area contributed by atoms with Crippen molar-refractivity contribution in [2.75, 3.05) is 5.73 Å². The first-order valence-electron chi connectivity index (χ1n) is 6.09. The highest BCUT2D eigenvalue weighted by atomic mass is 32.2. The average Bonchev–Trinajstić information content (AvgIpc) is 2.37. The molecule has 0 unspecified atom stereocenters. The topological polar surface area (TPSA) is 94.9 Å². The Hall–Kier alpha value is -2.08. The van der Waals surface area contributed by atoms with Crippen LogP contribution in [0.3, 0.4) is 0 Å². The van der Waals surface area contributed by atoms with Crippen molar-refractivity contribution in [1.82, 2.24) is 9.97 Å². The van der Waals surface area contributed by atoms with E-state index in [4.69, 9.17) is 11.5 Å². The van der Waals surface area contributed by atoms with Crippen LogP contribution >= 0.6 is 11.8 Å². The number of aryl methyl sites for hydroxylation is 2. The normalized spacial score (nSPS) is 10.5. The number of hydrogen-bond acceptors (Lipinski definition) is 5. The average molecular weight is 288 g/mol. The van der Waals surface area contributed by atoms with Crippen molar-refractivity contribution < 1.29 is 4.79 Å². The molecule has 0 saturated heterocycles. The Morgan fingerprint density at radius 1 is 1.20 bits per heavy atom. The van der Waals surface area contributed by atoms with Crippen molar-refractivity contribution in [2.45, 2.75) is 24.5 Å². The number of nitrogen functional groups attached to an aromatic ring is 1. The Bertz CT molecular complexity index is 617. The zero-order valence-electron chi connectivity index (χ0n) is 11.4. The summed E-state index contributed by atoms with van der Waals surface area (Å²) in [7, 11) is 0. The van der Waals surface area contributed by atoms with Gasteiger partial charge in [0.05, 0.1) is 11.4 Å². The van der Waals surface area contributed by atoms with Crippen LogP contribution in [0, 0.1) is 13.8 Å². The fourth-order valence-electron chi connectivity index (χ4n) is 1.81. The molecule has 2 aromatic rings. The Balaban J connectivity index is 2.14. The molecule has 2 rings (SSSR count). The lowest BCUT2D eigenvalue weighted by Crippen LogP contribution is -2.18. The number of hydrogen-bond donors (Lipinski definition) is 2. The van der Waals surface area contributed by atoms with E-state index in [1.54, 1.807) is 18.7 Å². The monoisotopic (exact) mass is 288 g/mol. The third-order valence-corrected chi connectivity index (χ3v) is 3.81. The van der Waals surface area contributed by atoms with Crippen LogP contribution in [0.15, 0.2) is 29.2 Å². The second-order valence-electron chi connectivity index (χ2n) is 4.45. The van der Waals surface area contributed by atoms with Gasteiger partial charge in [-0.1, -0.05) is 17.7 Å². The number of aromatic nitrogens is 2. The highest BCUT2D eigenvalue weighted by Gasteiger charge is 2.14. The van der Waals surface area contributed by atoms with Gasteiger partial charge in [0.1, 0.15) is 17.2 Å². The molecular formula is C14H16N4OS. The van der Waals surface area contributed by atoms with Gasteiger partial charge in [-0.3, -0.25) is 4.79 Å². The lowest BCUT2D eigenvalue weighted by molar-refractivity contribution is 0.1000. The minimum atomic E-state index is -0.599. The van der Waals surface area contributed by atoms with E-state index in [-0.39, 0.29) is 11.4 Å². The molecule has 0 radical (unpaired) electrons. The molecule has 20 heavy (non-hydrogen) atoms. The van der Waals surface area contributed by atoms with Gasteiger partial charge < -0.3 is 11.5 Å². The lowest BCUT2D eigenvalue weighted by atomic mass is 10.2. The quantitative estimate of drug-likeness (QED) is 0.840. The van der Waals surface area contributed by atoms with Crippen LogP contribution in [0.5, 0.6) is 0 Å². The Kier molecular flexibility index (Phi) is 4.24. The summed E-state index contributed by atoms with van der Waals surface area (Å²) in [6.45, 7) is 3.75. The van der Waals surface area contributed by atoms with Crippen molar-refractivity contribution in [3.63, 3.8) is 0 Å². The maximum atomic E-state index is 11.2. The second kappa shape index (κ2) is 5.92. The minimum absolute atomic E-state index is 0.143. The number of amides is 1. The van der Waals surface area contributed by atoms with Crippen molar-refractivity contribution in [2.24, 2.45) is 5.73 Å². The highest BCUT2D eigenvalue weighted by molar-refractivity contribution is 7.98. The van der Waals surface area contributed by atoms with E-state index in [0.29, 0.717) is 17.3 Å². The largest absolute Gasteiger partial charge is 0.383 e. The predicted octanol–water partition coefficient (Wildman–Crippen LogP) is 2.07. The molecule has 1 heterocycles. The maximum absolute atomic E-state index is 11.2. The molecule has 0 saturated carbocycles. The summed E-state index contributed by atoms with van der Waals surface area (Å²) in [6, 6.07) is 8.21. The number of carbonyl (C=O) groups excluding carboxylic acids is 1. The van der Waals surface area contributed by atoms with Crippen molar-refractivity contribution in [1.29, 1.82) is 0 Å². The number of nitrogens with zero attached hydrogens (tertiary/aromatic N) is 2. The van der Waals surface area contributed by atoms with Crippen LogP contribution in [-0.4, -0.2) is 15.9 Å². The third kappa shape index (κ3) is 3.27. The fourth-order valence-corrected chi connectivity index (χ4v) is 2.56. The molecular weight excluding hydrogens is 272 g/mol. The summed E-state index contributed by atoms with van der Waals surface area (Å²) >= 11 is 1.62. The van der Waals surface area contributed by atoms with Crippen LogP contribution in [0.4, 0.5) is 5.82 Å². The number of benzene rings is 1. The molecule has 104 valence electrons. The molecule has 0 fully saturated rings. The van der Waals surface area contributed by atoms with Crippen LogP contribution in [-0.2, 0) is 5.75 Å². The van der Waals surface area contributed by atoms with E-state index in [9.17, 15) is 4.79 Å². The zero-order valence-corrected chi connectivity index (χ0v) is 12.2. The SMILES string of the molecule is Cc1ccc(SCc2nc(C)c(C(N)=O)c(N)n2)cc1. The van der Waals surface area contributed by atoms with E-state index in [1.807, 2.05) is 19.1 Å². The van der Waals surface area contributed by atoms with Crippen molar-refractivity contribution >= 4 is 23.5 Å². The summed E-state index contributed by atoms with van der Waals surface area (Å²) < 4.78 is 0. The molecule has 0 spiro atoms. The van der Waals surface area contributed by atoms with E-state index in [2.05, 4.69) is 22.1 Å². The highest BCUT2D eigenvalue weighted by Crippen LogP contribution is 2.23. The van der Waals surface area contributed by atoms with E-state index in [0.717, 1.165) is 4.90 Å². The van der Waals surface area contributed by atoms with Crippen molar-refractivity contribution in [3.05, 3.63) is 46.9 Å². The number of rotatable bonds is 4. The molecule has 0 aliphatic rings. The summed E-state index contributed by atoms with van der Waals surface area (Å²) in [5.74, 6) is 0.727. The predicted molar refractivity (Wildman–Crippen MR) is 80.4 cm³/mol. The Labute approximate surface area is 121 Å². The smallest absolute Gasteiger partial charge is 0.254 e. The molecule has 0 bridgehead atoms. The van der Waals surface area contributed by atoms with Gasteiger partial charge in [-0.25, -0.2) is 9.97 Å². The summed E-state index contributed by atoms with van der Waals surface area (Å²) in [4.78, 5) is 20.8. The van der Waals surface area contributed by atoms with Gasteiger partial charge in [-0.15, -0.1) is 11.8 Å². The first-order valence-corrected chi connectivity index (χ1v) is 7.08. The van der Waals surface area contributed by atoms with E-state index in [1.165, 1.54) is 5.56 Å². The standard InChI is InChI=1S/C14H16N4OS/c1-8-3-5-10(6-4-8)20-7-11-17-9(2)12(14(16)19)13(15)18-11/h3-6H,7H2,1-2H3,(H2,16,19)(H2,15,17,18). The minimum Gasteiger partial charge on any atom is -0.383 e. The first-order chi connectivity index (χ1) is 9.47. The molecule has 0 aliphatic carbocycles. The third-order valence-electron chi connectivity index (χ3n) is 2.80. The van der Waals surface area contributed by atoms with Gasteiger partial charge in [0.15, 0.2) is 0 Å². The number of thioether (sulfide) groups is 1. The van der Waals surface area contributed by atoms with Gasteiger partial charge in [-0.2, -0.15) is 0 Å². The number of primary amides is 1. The van der Waals surface area contributed by atoms with Crippen molar-refractivity contribution in [3.8, 4) is 0 Å². The number of carbonyl (C=O) groups is 1. The lowest BCUT2D eigenvalue weighted by Gasteiger charge is -2.07. The van der Waals surface area contributed by atoms with Gasteiger partial charge in [0.2, 0.25) is 0 Å². The van der Waals surface area contributed by atoms with Gasteiger partial charge in [0, 0.05) is 4.90 Å². The molecule has 0 aliphatic heterocycles. The summed E-state index contributed by atoms with van der Waals surface area (Å²) in [6.07, 6.45) is 0. The van der Waals surface area contributed by atoms with Gasteiger partial charge in [-0.05, 0) is 26.0 Å². The first kappa shape index (κ1) is 14.3. The second-order valence-corrected chi connectivity index (χ2v) is 5.50. The molecule has 0 atom stereocenters. The molecule has 1 aromatic carbocycles. The Morgan fingerprint density at radius 3 is 2.40 bits per heavy atom. The molecule has 5 nitrogen and oxygen atoms in total. The maximum Gasteiger partial charge on any atom is 0.254 e. The summed E-state index contributed by atoms with van der Waals surface area (Å²) in [5, 5.41) is 0. The number of nitrogens with two attached hydrogens (primary N) is 2. The molecule has 1 amide bonds. The van der Waals surface area contributed by atoms with Gasteiger partial charge >= 0.3 is 0 Å². The van der Waals surface area contributed by atoms with Crippen LogP contribution in [0.1, 0.15) is 27.4 Å². The van der Waals surface area contributed by atoms with Crippen LogP contribution < -0.4 is 11.5 Å². The molecule has 1 aromatic heterocycles. The van der Waals surface area contributed by atoms with Crippen LogP contribution in [0.25, 0.3) is 0 Å². The van der Waals surface area contributed by atoms with Crippen LogP contribution in [0.2, 0.25) is 0 Å². The van der Waals surface area contributed by atoms with Gasteiger partial charge in [0.25, 0.3) is 5.91 Å². The Morgan fingerprint density at radius 2 is 1.85 bits per heavy atom. The summed E-state index contributed by atoms with van der Waals surface area (Å²) in [5.41, 5.74) is 12.9. The molecule has 6 heteroatoms. The fraction of sp³-hybridized carbons (Fsp3) is 0.214. The zero-order chi connectivity index (χ0) is 14.7.